The summed E-state index contributed by atoms with van der Waals surface area (Å²) >= 11 is 0. The average Bonchev–Trinajstić information content (AvgIpc) is 3.22. The molecule has 0 spiro atoms. The molecule has 152 valence electrons. The molecule has 7 nitrogen and oxygen atoms in total. The Kier molecular flexibility index (Phi) is 5.74. The van der Waals surface area contributed by atoms with Crippen molar-refractivity contribution in [3.05, 3.63) is 0 Å². The second kappa shape index (κ2) is 7.59. The molecule has 0 aromatic carbocycles. The van der Waals surface area contributed by atoms with Crippen LogP contribution in [-0.4, -0.2) is 60.7 Å². The van der Waals surface area contributed by atoms with Crippen LogP contribution in [0.5, 0.6) is 0 Å². The van der Waals surface area contributed by atoms with Gasteiger partial charge in [0, 0.05) is 25.7 Å². The van der Waals surface area contributed by atoms with Gasteiger partial charge in [0.25, 0.3) is 0 Å². The molecule has 3 aliphatic rings. The molecule has 1 saturated carbocycles. The van der Waals surface area contributed by atoms with E-state index in [4.69, 9.17) is 4.74 Å². The topological polar surface area (TPSA) is 90.7 Å². The molecule has 1 amide bonds. The number of hydrogen-bond donors (Lipinski definition) is 0. The van der Waals surface area contributed by atoms with E-state index in [1.165, 1.54) is 0 Å². The minimum absolute atomic E-state index is 0.00301. The van der Waals surface area contributed by atoms with E-state index >= 15 is 0 Å². The summed E-state index contributed by atoms with van der Waals surface area (Å²) in [6.07, 6.45) is 4.00. The highest BCUT2D eigenvalue weighted by molar-refractivity contribution is 7.89. The van der Waals surface area contributed by atoms with E-state index in [1.807, 2.05) is 20.8 Å². The fraction of sp³-hybridized carbons (Fsp3) is 0.895. The Morgan fingerprint density at radius 1 is 1.22 bits per heavy atom. The summed E-state index contributed by atoms with van der Waals surface area (Å²) in [5, 5.41) is 9.61. The van der Waals surface area contributed by atoms with E-state index in [0.717, 1.165) is 19.3 Å². The Morgan fingerprint density at radius 3 is 2.37 bits per heavy atom. The zero-order valence-electron chi connectivity index (χ0n) is 16.6. The highest BCUT2D eigenvalue weighted by Gasteiger charge is 2.45. The maximum Gasteiger partial charge on any atom is 0.410 e. The molecular weight excluding hydrogens is 366 g/mol. The fourth-order valence-corrected chi connectivity index (χ4v) is 6.71. The first-order valence-electron chi connectivity index (χ1n) is 9.96. The van der Waals surface area contributed by atoms with Crippen LogP contribution in [0.3, 0.4) is 0 Å². The molecule has 0 radical (unpaired) electrons. The van der Waals surface area contributed by atoms with Crippen LogP contribution in [0.4, 0.5) is 4.79 Å². The Bertz CT molecular complexity index is 701. The minimum atomic E-state index is -3.40. The molecule has 8 heteroatoms. The van der Waals surface area contributed by atoms with E-state index in [-0.39, 0.29) is 23.8 Å². The molecule has 3 fully saturated rings. The Balaban J connectivity index is 1.55. The quantitative estimate of drug-likeness (QED) is 0.727. The Morgan fingerprint density at radius 2 is 1.89 bits per heavy atom. The molecule has 3 rings (SSSR count). The van der Waals surface area contributed by atoms with Crippen LogP contribution in [0.2, 0.25) is 0 Å². The van der Waals surface area contributed by atoms with Gasteiger partial charge in [-0.05, 0) is 64.7 Å². The third-order valence-electron chi connectivity index (χ3n) is 6.03. The average molecular weight is 398 g/mol. The normalized spacial score (nSPS) is 28.1. The van der Waals surface area contributed by atoms with Gasteiger partial charge < -0.3 is 9.64 Å². The number of carbonyl (C=O) groups is 1. The van der Waals surface area contributed by atoms with Crippen LogP contribution >= 0.6 is 0 Å². The number of hydrogen-bond acceptors (Lipinski definition) is 5. The molecule has 27 heavy (non-hydrogen) atoms. The van der Waals surface area contributed by atoms with Crippen molar-refractivity contribution in [3.63, 3.8) is 0 Å². The molecule has 3 unspecified atom stereocenters. The summed E-state index contributed by atoms with van der Waals surface area (Å²) < 4.78 is 32.8. The zero-order valence-corrected chi connectivity index (χ0v) is 17.4. The molecule has 2 saturated heterocycles. The number of amides is 1. The Hall–Kier alpha value is -1.33. The summed E-state index contributed by atoms with van der Waals surface area (Å²) in [6, 6.07) is 2.38. The van der Waals surface area contributed by atoms with E-state index in [9.17, 15) is 18.5 Å². The largest absolute Gasteiger partial charge is 0.444 e. The van der Waals surface area contributed by atoms with Gasteiger partial charge in [0.2, 0.25) is 10.0 Å². The number of piperidine rings is 2. The van der Waals surface area contributed by atoms with Crippen molar-refractivity contribution in [1.82, 2.24) is 9.21 Å². The molecule has 0 aromatic heterocycles. The van der Waals surface area contributed by atoms with E-state index in [2.05, 4.69) is 6.07 Å². The number of nitrogens with zero attached hydrogens (tertiary/aromatic N) is 3. The van der Waals surface area contributed by atoms with Crippen LogP contribution < -0.4 is 0 Å². The van der Waals surface area contributed by atoms with Crippen molar-refractivity contribution in [3.8, 4) is 6.07 Å². The lowest BCUT2D eigenvalue weighted by molar-refractivity contribution is 0.0172. The van der Waals surface area contributed by atoms with Crippen LogP contribution in [-0.2, 0) is 14.8 Å². The van der Waals surface area contributed by atoms with Crippen LogP contribution in [0.25, 0.3) is 0 Å². The zero-order chi connectivity index (χ0) is 19.8. The first kappa shape index (κ1) is 20.4. The van der Waals surface area contributed by atoms with Crippen molar-refractivity contribution in [2.75, 3.05) is 25.4 Å². The summed E-state index contributed by atoms with van der Waals surface area (Å²) in [6.45, 7) is 7.14. The lowest BCUT2D eigenvalue weighted by Crippen LogP contribution is -2.45. The molecular formula is C19H31N3O4S. The SMILES string of the molecule is CC(C)(C)OC(=O)N1CCC(C(C#N)CS(=O)(=O)N2CC3CCC2C3)CC1. The van der Waals surface area contributed by atoms with Gasteiger partial charge in [-0.25, -0.2) is 13.2 Å². The predicted octanol–water partition coefficient (Wildman–Crippen LogP) is 2.59. The van der Waals surface area contributed by atoms with Gasteiger partial charge in [0.15, 0.2) is 0 Å². The smallest absolute Gasteiger partial charge is 0.410 e. The van der Waals surface area contributed by atoms with Gasteiger partial charge in [0.05, 0.1) is 17.7 Å². The van der Waals surface area contributed by atoms with E-state index in [1.54, 1.807) is 9.21 Å². The van der Waals surface area contributed by atoms with Crippen LogP contribution in [0.15, 0.2) is 0 Å². The van der Waals surface area contributed by atoms with Crippen LogP contribution in [0, 0.1) is 29.1 Å². The molecule has 3 atom stereocenters. The van der Waals surface area contributed by atoms with E-state index in [0.29, 0.717) is 38.4 Å². The number of rotatable bonds is 4. The van der Waals surface area contributed by atoms with E-state index < -0.39 is 21.5 Å². The van der Waals surface area contributed by atoms with Gasteiger partial charge in [-0.3, -0.25) is 0 Å². The predicted molar refractivity (Wildman–Crippen MR) is 101 cm³/mol. The number of carbonyl (C=O) groups excluding carboxylic acids is 1. The number of fused-ring (bicyclic) bond motifs is 2. The highest BCUT2D eigenvalue weighted by atomic mass is 32.2. The van der Waals surface area contributed by atoms with Crippen molar-refractivity contribution in [1.29, 1.82) is 5.26 Å². The molecule has 2 heterocycles. The van der Waals surface area contributed by atoms with Gasteiger partial charge in [-0.2, -0.15) is 9.57 Å². The molecule has 1 aliphatic carbocycles. The third kappa shape index (κ3) is 4.75. The minimum Gasteiger partial charge on any atom is -0.444 e. The summed E-state index contributed by atoms with van der Waals surface area (Å²) in [7, 11) is -3.40. The monoisotopic (exact) mass is 397 g/mol. The van der Waals surface area contributed by atoms with Crippen LogP contribution in [0.1, 0.15) is 52.9 Å². The van der Waals surface area contributed by atoms with Gasteiger partial charge >= 0.3 is 6.09 Å². The highest BCUT2D eigenvalue weighted by Crippen LogP contribution is 2.40. The lowest BCUT2D eigenvalue weighted by Gasteiger charge is -2.35. The van der Waals surface area contributed by atoms with Gasteiger partial charge in [-0.15, -0.1) is 0 Å². The molecule has 0 N–H and O–H groups in total. The van der Waals surface area contributed by atoms with Crippen molar-refractivity contribution >= 4 is 16.1 Å². The number of ether oxygens (including phenoxy) is 1. The number of sulfonamides is 1. The second-order valence-corrected chi connectivity index (χ2v) is 11.2. The summed E-state index contributed by atoms with van der Waals surface area (Å²) in [5.41, 5.74) is -0.535. The third-order valence-corrected chi connectivity index (χ3v) is 7.97. The molecule has 0 aromatic rings. The summed E-state index contributed by atoms with van der Waals surface area (Å²) in [4.78, 5) is 13.8. The maximum atomic E-state index is 12.9. The second-order valence-electron chi connectivity index (χ2n) is 9.22. The molecule has 2 aliphatic heterocycles. The maximum absolute atomic E-state index is 12.9. The van der Waals surface area contributed by atoms with Gasteiger partial charge in [-0.1, -0.05) is 0 Å². The Labute approximate surface area is 162 Å². The number of nitriles is 1. The fourth-order valence-electron chi connectivity index (χ4n) is 4.63. The van der Waals surface area contributed by atoms with Crippen molar-refractivity contribution in [2.24, 2.45) is 17.8 Å². The molecule has 2 bridgehead atoms. The summed E-state index contributed by atoms with van der Waals surface area (Å²) in [5.74, 6) is -0.107. The van der Waals surface area contributed by atoms with Crippen molar-refractivity contribution < 1.29 is 17.9 Å². The standard InChI is InChI=1S/C19H31N3O4S/c1-19(2,3)26-18(23)21-8-6-15(7-9-21)16(11-20)13-27(24,25)22-12-14-4-5-17(22)10-14/h14-17H,4-10,12-13H2,1-3H3. The van der Waals surface area contributed by atoms with Crippen molar-refractivity contribution in [2.45, 2.75) is 64.5 Å². The number of likely N-dealkylation sites (tertiary alicyclic amines) is 1. The lowest BCUT2D eigenvalue weighted by atomic mass is 9.86. The van der Waals surface area contributed by atoms with Gasteiger partial charge in [0.1, 0.15) is 5.60 Å². The first-order valence-corrected chi connectivity index (χ1v) is 11.6. The first-order chi connectivity index (χ1) is 12.6.